The van der Waals surface area contributed by atoms with Crippen molar-refractivity contribution >= 4 is 21.9 Å². The molecule has 0 aromatic heterocycles. The maximum Gasteiger partial charge on any atom is 0.338 e. The molecule has 1 saturated heterocycles. The molecule has 1 aromatic carbocycles. The molecule has 1 aromatic rings. The molecule has 0 unspecified atom stereocenters. The highest BCUT2D eigenvalue weighted by Crippen LogP contribution is 2.21. The van der Waals surface area contributed by atoms with Crippen molar-refractivity contribution < 1.29 is 27.5 Å². The van der Waals surface area contributed by atoms with Crippen LogP contribution < -0.4 is 5.32 Å². The average Bonchev–Trinajstić information content (AvgIpc) is 2.98. The van der Waals surface area contributed by atoms with Gasteiger partial charge < -0.3 is 14.8 Å². The van der Waals surface area contributed by atoms with Gasteiger partial charge in [0.2, 0.25) is 10.0 Å². The second-order valence-corrected chi connectivity index (χ2v) is 8.62. The molecule has 156 valence electrons. The minimum atomic E-state index is -3.67. The molecule has 9 heteroatoms. The fourth-order valence-electron chi connectivity index (χ4n) is 2.92. The van der Waals surface area contributed by atoms with E-state index in [1.165, 1.54) is 42.6 Å². The summed E-state index contributed by atoms with van der Waals surface area (Å²) in [5, 5.41) is 2.58. The van der Waals surface area contributed by atoms with Crippen LogP contribution >= 0.6 is 0 Å². The van der Waals surface area contributed by atoms with E-state index in [0.29, 0.717) is 26.2 Å². The quantitative estimate of drug-likeness (QED) is 0.514. The number of carbonyl (C=O) groups excluding carboxylic acids is 2. The predicted molar refractivity (Wildman–Crippen MR) is 103 cm³/mol. The Bertz CT molecular complexity index is 772. The van der Waals surface area contributed by atoms with E-state index < -0.39 is 28.0 Å². The molecule has 2 rings (SSSR count). The number of amides is 1. The van der Waals surface area contributed by atoms with E-state index in [-0.39, 0.29) is 10.5 Å². The summed E-state index contributed by atoms with van der Waals surface area (Å²) in [6, 6.07) is 5.75. The minimum Gasteiger partial charge on any atom is -0.449 e. The van der Waals surface area contributed by atoms with Gasteiger partial charge in [0.15, 0.2) is 6.10 Å². The summed E-state index contributed by atoms with van der Waals surface area (Å²) in [5.74, 6) is -1.19. The van der Waals surface area contributed by atoms with Gasteiger partial charge in [-0.05, 0) is 38.0 Å². The number of hydrogen-bond donors (Lipinski definition) is 1. The molecule has 1 heterocycles. The molecule has 28 heavy (non-hydrogen) atoms. The molecule has 1 amide bonds. The zero-order valence-electron chi connectivity index (χ0n) is 16.3. The van der Waals surface area contributed by atoms with Crippen molar-refractivity contribution in [2.75, 3.05) is 33.4 Å². The summed E-state index contributed by atoms with van der Waals surface area (Å²) in [6.45, 7) is 3.08. The molecule has 0 radical (unpaired) electrons. The predicted octanol–water partition coefficient (Wildman–Crippen LogP) is 1.56. The third kappa shape index (κ3) is 6.02. The highest BCUT2D eigenvalue weighted by Gasteiger charge is 2.26. The summed E-state index contributed by atoms with van der Waals surface area (Å²) < 4.78 is 37.3. The zero-order chi connectivity index (χ0) is 20.6. The average molecular weight is 413 g/mol. The van der Waals surface area contributed by atoms with Crippen LogP contribution in [0.25, 0.3) is 0 Å². The summed E-state index contributed by atoms with van der Waals surface area (Å²) in [4.78, 5) is 24.3. The van der Waals surface area contributed by atoms with Crippen molar-refractivity contribution in [1.29, 1.82) is 0 Å². The first-order chi connectivity index (χ1) is 13.4. The van der Waals surface area contributed by atoms with Crippen LogP contribution in [0.5, 0.6) is 0 Å². The highest BCUT2D eigenvalue weighted by molar-refractivity contribution is 7.89. The molecule has 0 bridgehead atoms. The molecule has 1 fully saturated rings. The number of sulfonamides is 1. The normalized spacial score (nSPS) is 16.8. The van der Waals surface area contributed by atoms with Gasteiger partial charge in [-0.25, -0.2) is 13.2 Å². The Hall–Kier alpha value is -1.97. The largest absolute Gasteiger partial charge is 0.449 e. The third-order valence-electron chi connectivity index (χ3n) is 4.53. The molecule has 8 nitrogen and oxygen atoms in total. The zero-order valence-corrected chi connectivity index (χ0v) is 17.2. The molecule has 0 saturated carbocycles. The number of nitrogens with one attached hydrogen (secondary N) is 1. The number of methoxy groups -OCH3 is 1. The molecule has 1 atom stereocenters. The lowest BCUT2D eigenvalue weighted by Crippen LogP contribution is -2.37. The minimum absolute atomic E-state index is 0.0565. The highest BCUT2D eigenvalue weighted by atomic mass is 32.2. The van der Waals surface area contributed by atoms with Crippen molar-refractivity contribution in [2.45, 2.75) is 43.6 Å². The molecular formula is C19H28N2O6S. The van der Waals surface area contributed by atoms with Gasteiger partial charge >= 0.3 is 5.97 Å². The van der Waals surface area contributed by atoms with E-state index in [1.54, 1.807) is 0 Å². The lowest BCUT2D eigenvalue weighted by atomic mass is 10.2. The Morgan fingerprint density at radius 1 is 1.18 bits per heavy atom. The summed E-state index contributed by atoms with van der Waals surface area (Å²) in [7, 11) is -2.15. The Labute approximate surface area is 166 Å². The second-order valence-electron chi connectivity index (χ2n) is 6.68. The molecule has 1 N–H and O–H groups in total. The van der Waals surface area contributed by atoms with Crippen LogP contribution in [0, 0.1) is 0 Å². The lowest BCUT2D eigenvalue weighted by molar-refractivity contribution is -0.129. The van der Waals surface area contributed by atoms with E-state index in [0.717, 1.165) is 25.7 Å². The maximum atomic E-state index is 12.9. The Balaban J connectivity index is 2.07. The Kier molecular flexibility index (Phi) is 8.40. The summed E-state index contributed by atoms with van der Waals surface area (Å²) in [6.07, 6.45) is 2.69. The number of carbonyl (C=O) groups is 2. The van der Waals surface area contributed by atoms with Crippen LogP contribution in [0.4, 0.5) is 0 Å². The monoisotopic (exact) mass is 412 g/mol. The third-order valence-corrected chi connectivity index (χ3v) is 6.43. The first-order valence-corrected chi connectivity index (χ1v) is 10.9. The van der Waals surface area contributed by atoms with Gasteiger partial charge in [-0.2, -0.15) is 4.31 Å². The van der Waals surface area contributed by atoms with E-state index in [9.17, 15) is 18.0 Å². The van der Waals surface area contributed by atoms with Crippen molar-refractivity contribution in [3.8, 4) is 0 Å². The maximum absolute atomic E-state index is 12.9. The lowest BCUT2D eigenvalue weighted by Gasteiger charge is -2.20. The van der Waals surface area contributed by atoms with Gasteiger partial charge in [-0.15, -0.1) is 0 Å². The van der Waals surface area contributed by atoms with E-state index in [4.69, 9.17) is 9.47 Å². The van der Waals surface area contributed by atoms with Crippen LogP contribution in [-0.4, -0.2) is 64.1 Å². The molecule has 1 aliphatic heterocycles. The van der Waals surface area contributed by atoms with E-state index in [1.807, 2.05) is 0 Å². The van der Waals surface area contributed by atoms with Crippen molar-refractivity contribution in [3.63, 3.8) is 0 Å². The van der Waals surface area contributed by atoms with Crippen LogP contribution in [0.2, 0.25) is 0 Å². The first-order valence-electron chi connectivity index (χ1n) is 9.44. The molecule has 0 aliphatic carbocycles. The van der Waals surface area contributed by atoms with E-state index >= 15 is 0 Å². The van der Waals surface area contributed by atoms with Crippen LogP contribution in [0.15, 0.2) is 29.2 Å². The molecule has 0 spiro atoms. The van der Waals surface area contributed by atoms with Gasteiger partial charge in [0.05, 0.1) is 17.1 Å². The van der Waals surface area contributed by atoms with Crippen molar-refractivity contribution in [3.05, 3.63) is 29.8 Å². The fourth-order valence-corrected chi connectivity index (χ4v) is 4.48. The SMILES string of the molecule is COCCNC(=O)[C@@H](C)OC(=O)c1cccc(S(=O)(=O)N2CCCCCC2)c1. The number of nitrogens with zero attached hydrogens (tertiary/aromatic N) is 1. The number of hydrogen-bond acceptors (Lipinski definition) is 6. The Morgan fingerprint density at radius 3 is 2.50 bits per heavy atom. The summed E-state index contributed by atoms with van der Waals surface area (Å²) in [5.41, 5.74) is 0.0902. The first kappa shape index (κ1) is 22.3. The van der Waals surface area contributed by atoms with Gasteiger partial charge in [-0.3, -0.25) is 4.79 Å². The van der Waals surface area contributed by atoms with Gasteiger partial charge in [0.1, 0.15) is 0 Å². The molecular weight excluding hydrogens is 384 g/mol. The fraction of sp³-hybridized carbons (Fsp3) is 0.579. The van der Waals surface area contributed by atoms with E-state index in [2.05, 4.69) is 5.32 Å². The number of benzene rings is 1. The van der Waals surface area contributed by atoms with Gasteiger partial charge in [0.25, 0.3) is 5.91 Å². The number of ether oxygens (including phenoxy) is 2. The Morgan fingerprint density at radius 2 is 1.86 bits per heavy atom. The second kappa shape index (κ2) is 10.5. The van der Waals surface area contributed by atoms with Gasteiger partial charge in [0, 0.05) is 26.7 Å². The van der Waals surface area contributed by atoms with Crippen LogP contribution in [0.3, 0.4) is 0 Å². The van der Waals surface area contributed by atoms with Crippen molar-refractivity contribution in [1.82, 2.24) is 9.62 Å². The number of rotatable bonds is 8. The van der Waals surface area contributed by atoms with Crippen LogP contribution in [0.1, 0.15) is 43.0 Å². The molecule has 1 aliphatic rings. The number of esters is 1. The van der Waals surface area contributed by atoms with Crippen molar-refractivity contribution in [2.24, 2.45) is 0 Å². The van der Waals surface area contributed by atoms with Gasteiger partial charge in [-0.1, -0.05) is 18.9 Å². The summed E-state index contributed by atoms with van der Waals surface area (Å²) >= 11 is 0. The smallest absolute Gasteiger partial charge is 0.338 e. The standard InChI is InChI=1S/C19H28N2O6S/c1-15(18(22)20-10-13-26-2)27-19(23)16-8-7-9-17(14-16)28(24,25)21-11-5-3-4-6-12-21/h7-9,14-15H,3-6,10-13H2,1-2H3,(H,20,22)/t15-/m1/s1. The van der Waals surface area contributed by atoms with Crippen LogP contribution in [-0.2, 0) is 24.3 Å². The topological polar surface area (TPSA) is 102 Å².